The van der Waals surface area contributed by atoms with Crippen LogP contribution in [-0.4, -0.2) is 49.8 Å². The third kappa shape index (κ3) is 4.70. The molecule has 2 unspecified atom stereocenters. The van der Waals surface area contributed by atoms with Gasteiger partial charge in [0.25, 0.3) is 5.91 Å². The van der Waals surface area contributed by atoms with Crippen LogP contribution < -0.4 is 10.6 Å². The Morgan fingerprint density at radius 1 is 1.07 bits per heavy atom. The molecular formula is C20H31N3O3S. The maximum Gasteiger partial charge on any atom is 0.251 e. The van der Waals surface area contributed by atoms with E-state index in [1.54, 1.807) is 24.3 Å². The number of nitrogens with one attached hydrogen (secondary N) is 2. The Kier molecular flexibility index (Phi) is 6.55. The van der Waals surface area contributed by atoms with Crippen LogP contribution >= 0.6 is 0 Å². The molecule has 2 heterocycles. The molecule has 2 saturated heterocycles. The van der Waals surface area contributed by atoms with E-state index in [1.807, 2.05) is 13.8 Å². The largest absolute Gasteiger partial charge is 0.349 e. The Bertz CT molecular complexity index is 730. The average molecular weight is 394 g/mol. The number of rotatable bonds is 8. The maximum absolute atomic E-state index is 12.8. The third-order valence-electron chi connectivity index (χ3n) is 5.51. The maximum atomic E-state index is 12.8. The lowest BCUT2D eigenvalue weighted by Crippen LogP contribution is -2.48. The summed E-state index contributed by atoms with van der Waals surface area (Å²) >= 11 is 0. The molecule has 2 N–H and O–H groups in total. The Morgan fingerprint density at radius 3 is 2.15 bits per heavy atom. The van der Waals surface area contributed by atoms with Gasteiger partial charge in [-0.15, -0.1) is 0 Å². The van der Waals surface area contributed by atoms with Crippen LogP contribution in [0.1, 0.15) is 62.7 Å². The zero-order valence-electron chi connectivity index (χ0n) is 16.3. The summed E-state index contributed by atoms with van der Waals surface area (Å²) in [6, 6.07) is 7.57. The standard InChI is InChI=1S/C20H31N3O3S/c1-3-11-23(12-4-2)27(25,26)19-9-5-15(6-10-19)20(24)22-18-13-16-7-8-17(14-18)21-16/h5-6,9-10,16-18,21H,3-4,7-8,11-14H2,1-2H3,(H,22,24). The van der Waals surface area contributed by atoms with E-state index >= 15 is 0 Å². The summed E-state index contributed by atoms with van der Waals surface area (Å²) in [6.07, 6.45) is 5.87. The van der Waals surface area contributed by atoms with Gasteiger partial charge in [0.1, 0.15) is 0 Å². The van der Waals surface area contributed by atoms with Gasteiger partial charge in [0.2, 0.25) is 10.0 Å². The normalized spacial score (nSPS) is 24.9. The monoisotopic (exact) mass is 393 g/mol. The molecule has 0 spiro atoms. The van der Waals surface area contributed by atoms with Crippen LogP contribution in [0.2, 0.25) is 0 Å². The molecule has 150 valence electrons. The fourth-order valence-corrected chi connectivity index (χ4v) is 5.85. The molecule has 1 aromatic carbocycles. The Labute approximate surface area is 162 Å². The molecule has 2 bridgehead atoms. The second-order valence-electron chi connectivity index (χ2n) is 7.71. The minimum absolute atomic E-state index is 0.121. The van der Waals surface area contributed by atoms with Crippen LogP contribution in [0.15, 0.2) is 29.2 Å². The lowest BCUT2D eigenvalue weighted by Gasteiger charge is -2.29. The first-order valence-electron chi connectivity index (χ1n) is 10.1. The molecule has 2 atom stereocenters. The van der Waals surface area contributed by atoms with Gasteiger partial charge in [-0.2, -0.15) is 4.31 Å². The van der Waals surface area contributed by atoms with E-state index in [-0.39, 0.29) is 16.8 Å². The predicted octanol–water partition coefficient (Wildman–Crippen LogP) is 2.51. The van der Waals surface area contributed by atoms with Crippen molar-refractivity contribution in [1.82, 2.24) is 14.9 Å². The number of sulfonamides is 1. The van der Waals surface area contributed by atoms with Gasteiger partial charge in [0, 0.05) is 36.8 Å². The number of piperidine rings is 1. The minimum Gasteiger partial charge on any atom is -0.349 e. The molecule has 1 aromatic rings. The minimum atomic E-state index is -3.51. The summed E-state index contributed by atoms with van der Waals surface area (Å²) in [6.45, 7) is 4.96. The van der Waals surface area contributed by atoms with E-state index in [9.17, 15) is 13.2 Å². The molecule has 0 saturated carbocycles. The molecule has 0 aliphatic carbocycles. The number of fused-ring (bicyclic) bond motifs is 2. The highest BCUT2D eigenvalue weighted by Gasteiger charge is 2.34. The van der Waals surface area contributed by atoms with Gasteiger partial charge >= 0.3 is 0 Å². The number of carbonyl (C=O) groups is 1. The first-order valence-corrected chi connectivity index (χ1v) is 11.5. The smallest absolute Gasteiger partial charge is 0.251 e. The summed E-state index contributed by atoms with van der Waals surface area (Å²) in [5.74, 6) is -0.121. The molecule has 7 heteroatoms. The molecule has 27 heavy (non-hydrogen) atoms. The summed E-state index contributed by atoms with van der Waals surface area (Å²) in [5, 5.41) is 6.68. The molecule has 0 aromatic heterocycles. The molecule has 2 aliphatic heterocycles. The molecule has 0 radical (unpaired) electrons. The van der Waals surface area contributed by atoms with Gasteiger partial charge in [-0.25, -0.2) is 8.42 Å². The van der Waals surface area contributed by atoms with E-state index in [1.165, 1.54) is 17.1 Å². The first kappa shape index (κ1) is 20.3. The summed E-state index contributed by atoms with van der Waals surface area (Å²) in [5.41, 5.74) is 0.511. The van der Waals surface area contributed by atoms with Crippen LogP contribution in [0.3, 0.4) is 0 Å². The fraction of sp³-hybridized carbons (Fsp3) is 0.650. The van der Waals surface area contributed by atoms with Crippen LogP contribution in [0.25, 0.3) is 0 Å². The second kappa shape index (κ2) is 8.71. The second-order valence-corrected chi connectivity index (χ2v) is 9.65. The van der Waals surface area contributed by atoms with E-state index in [0.29, 0.717) is 30.7 Å². The predicted molar refractivity (Wildman–Crippen MR) is 106 cm³/mol. The first-order chi connectivity index (χ1) is 12.9. The summed E-state index contributed by atoms with van der Waals surface area (Å²) in [7, 11) is -3.51. The molecule has 2 aliphatic rings. The van der Waals surface area contributed by atoms with Gasteiger partial charge in [0.15, 0.2) is 0 Å². The lowest BCUT2D eigenvalue weighted by atomic mass is 9.99. The number of nitrogens with zero attached hydrogens (tertiary/aromatic N) is 1. The van der Waals surface area contributed by atoms with Gasteiger partial charge in [-0.3, -0.25) is 4.79 Å². The number of carbonyl (C=O) groups excluding carboxylic acids is 1. The Hall–Kier alpha value is -1.44. The topological polar surface area (TPSA) is 78.5 Å². The van der Waals surface area contributed by atoms with Crippen molar-refractivity contribution < 1.29 is 13.2 Å². The van der Waals surface area contributed by atoms with E-state index < -0.39 is 10.0 Å². The number of hydrogen-bond donors (Lipinski definition) is 2. The molecule has 3 rings (SSSR count). The lowest BCUT2D eigenvalue weighted by molar-refractivity contribution is 0.0924. The van der Waals surface area contributed by atoms with Gasteiger partial charge in [-0.1, -0.05) is 13.8 Å². The average Bonchev–Trinajstić information content (AvgIpc) is 3.00. The SMILES string of the molecule is CCCN(CCC)S(=O)(=O)c1ccc(C(=O)NC2CC3CCC(C2)N3)cc1. The van der Waals surface area contributed by atoms with Crippen LogP contribution in [0.4, 0.5) is 0 Å². The van der Waals surface area contributed by atoms with Crippen LogP contribution in [0, 0.1) is 0 Å². The van der Waals surface area contributed by atoms with Gasteiger partial charge < -0.3 is 10.6 Å². The van der Waals surface area contributed by atoms with E-state index in [2.05, 4.69) is 10.6 Å². The number of benzene rings is 1. The van der Waals surface area contributed by atoms with Gasteiger partial charge in [-0.05, 0) is 62.8 Å². The van der Waals surface area contributed by atoms with Crippen LogP contribution in [-0.2, 0) is 10.0 Å². The van der Waals surface area contributed by atoms with Crippen molar-refractivity contribution in [3.8, 4) is 0 Å². The summed E-state index contributed by atoms with van der Waals surface area (Å²) in [4.78, 5) is 12.8. The summed E-state index contributed by atoms with van der Waals surface area (Å²) < 4.78 is 27.1. The number of amides is 1. The van der Waals surface area contributed by atoms with Crippen molar-refractivity contribution in [1.29, 1.82) is 0 Å². The third-order valence-corrected chi connectivity index (χ3v) is 7.42. The highest BCUT2D eigenvalue weighted by Crippen LogP contribution is 2.27. The zero-order valence-corrected chi connectivity index (χ0v) is 17.1. The molecular weight excluding hydrogens is 362 g/mol. The Morgan fingerprint density at radius 2 is 1.63 bits per heavy atom. The molecule has 1 amide bonds. The van der Waals surface area contributed by atoms with Crippen molar-refractivity contribution in [3.05, 3.63) is 29.8 Å². The fourth-order valence-electron chi connectivity index (χ4n) is 4.22. The van der Waals surface area contributed by atoms with E-state index in [4.69, 9.17) is 0 Å². The highest BCUT2D eigenvalue weighted by molar-refractivity contribution is 7.89. The van der Waals surface area contributed by atoms with Crippen molar-refractivity contribution >= 4 is 15.9 Å². The van der Waals surface area contributed by atoms with E-state index in [0.717, 1.165) is 25.7 Å². The van der Waals surface area contributed by atoms with Crippen molar-refractivity contribution in [2.45, 2.75) is 75.4 Å². The molecule has 2 fully saturated rings. The van der Waals surface area contributed by atoms with Crippen molar-refractivity contribution in [2.75, 3.05) is 13.1 Å². The van der Waals surface area contributed by atoms with Crippen molar-refractivity contribution in [3.63, 3.8) is 0 Å². The quantitative estimate of drug-likeness (QED) is 0.711. The Balaban J connectivity index is 1.66. The zero-order chi connectivity index (χ0) is 19.4. The number of hydrogen-bond acceptors (Lipinski definition) is 4. The van der Waals surface area contributed by atoms with Crippen molar-refractivity contribution in [2.24, 2.45) is 0 Å². The molecule has 6 nitrogen and oxygen atoms in total. The highest BCUT2D eigenvalue weighted by atomic mass is 32.2. The van der Waals surface area contributed by atoms with Crippen LogP contribution in [0.5, 0.6) is 0 Å². The van der Waals surface area contributed by atoms with Gasteiger partial charge in [0.05, 0.1) is 4.90 Å².